The van der Waals surface area contributed by atoms with Crippen LogP contribution >= 0.6 is 15.9 Å². The van der Waals surface area contributed by atoms with Crippen LogP contribution in [0.3, 0.4) is 0 Å². The monoisotopic (exact) mass is 305 g/mol. The van der Waals surface area contributed by atoms with Gasteiger partial charge in [0.2, 0.25) is 0 Å². The van der Waals surface area contributed by atoms with Gasteiger partial charge in [-0.1, -0.05) is 22.0 Å². The summed E-state index contributed by atoms with van der Waals surface area (Å²) >= 11 is 3.29. The van der Waals surface area contributed by atoms with Gasteiger partial charge in [-0.05, 0) is 39.3 Å². The molecule has 4 nitrogen and oxygen atoms in total. The van der Waals surface area contributed by atoms with E-state index in [1.165, 1.54) is 0 Å². The van der Waals surface area contributed by atoms with E-state index in [4.69, 9.17) is 14.9 Å². The SMILES string of the molecule is CN(C)C.OCC(O)COc1cccc(Br)c1. The minimum absolute atomic E-state index is 0.104. The number of aliphatic hydroxyl groups excluding tert-OH is 2. The van der Waals surface area contributed by atoms with Crippen molar-refractivity contribution in [2.24, 2.45) is 0 Å². The first-order valence-corrected chi connectivity index (χ1v) is 6.03. The number of hydrogen-bond donors (Lipinski definition) is 2. The average Bonchev–Trinajstić information content (AvgIpc) is 2.25. The van der Waals surface area contributed by atoms with Crippen LogP contribution in [0.5, 0.6) is 5.75 Å². The Morgan fingerprint density at radius 2 is 1.94 bits per heavy atom. The van der Waals surface area contributed by atoms with E-state index in [1.807, 2.05) is 38.2 Å². The molecule has 1 unspecified atom stereocenters. The first-order valence-electron chi connectivity index (χ1n) is 5.24. The predicted octanol–water partition coefficient (Wildman–Crippen LogP) is 1.36. The molecule has 1 rings (SSSR count). The molecule has 98 valence electrons. The first-order chi connectivity index (χ1) is 7.95. The zero-order valence-corrected chi connectivity index (χ0v) is 12.0. The lowest BCUT2D eigenvalue weighted by Crippen LogP contribution is -2.21. The molecule has 0 bridgehead atoms. The third-order valence-electron chi connectivity index (χ3n) is 1.45. The number of rotatable bonds is 4. The van der Waals surface area contributed by atoms with E-state index in [1.54, 1.807) is 12.1 Å². The van der Waals surface area contributed by atoms with Gasteiger partial charge in [0.1, 0.15) is 18.5 Å². The highest BCUT2D eigenvalue weighted by Gasteiger charge is 2.02. The maximum atomic E-state index is 9.00. The van der Waals surface area contributed by atoms with Crippen molar-refractivity contribution in [1.82, 2.24) is 4.90 Å². The van der Waals surface area contributed by atoms with Crippen molar-refractivity contribution in [3.63, 3.8) is 0 Å². The summed E-state index contributed by atoms with van der Waals surface area (Å²) in [4.78, 5) is 2.00. The van der Waals surface area contributed by atoms with E-state index in [0.29, 0.717) is 5.75 Å². The van der Waals surface area contributed by atoms with Crippen molar-refractivity contribution in [1.29, 1.82) is 0 Å². The van der Waals surface area contributed by atoms with Gasteiger partial charge in [0.05, 0.1) is 6.61 Å². The average molecular weight is 306 g/mol. The van der Waals surface area contributed by atoms with Crippen molar-refractivity contribution in [3.05, 3.63) is 28.7 Å². The van der Waals surface area contributed by atoms with Crippen molar-refractivity contribution in [2.75, 3.05) is 34.4 Å². The summed E-state index contributed by atoms with van der Waals surface area (Å²) in [5.41, 5.74) is 0. The van der Waals surface area contributed by atoms with Crippen LogP contribution in [0.1, 0.15) is 0 Å². The number of aliphatic hydroxyl groups is 2. The van der Waals surface area contributed by atoms with Gasteiger partial charge in [-0.25, -0.2) is 0 Å². The molecule has 0 heterocycles. The zero-order valence-electron chi connectivity index (χ0n) is 10.4. The Labute approximate surface area is 111 Å². The number of nitrogens with zero attached hydrogens (tertiary/aromatic N) is 1. The minimum atomic E-state index is -0.820. The fourth-order valence-electron chi connectivity index (χ4n) is 0.802. The molecule has 0 aromatic heterocycles. The van der Waals surface area contributed by atoms with E-state index in [-0.39, 0.29) is 13.2 Å². The highest BCUT2D eigenvalue weighted by Crippen LogP contribution is 2.17. The van der Waals surface area contributed by atoms with Gasteiger partial charge < -0.3 is 19.8 Å². The summed E-state index contributed by atoms with van der Waals surface area (Å²) in [5.74, 6) is 0.668. The number of hydrogen-bond acceptors (Lipinski definition) is 4. The molecule has 0 radical (unpaired) electrons. The number of ether oxygens (including phenoxy) is 1. The van der Waals surface area contributed by atoms with Crippen LogP contribution in [0, 0.1) is 0 Å². The van der Waals surface area contributed by atoms with Crippen LogP contribution in [-0.4, -0.2) is 55.6 Å². The second-order valence-electron chi connectivity index (χ2n) is 3.95. The first kappa shape index (κ1) is 16.4. The molecule has 0 aliphatic carbocycles. The third-order valence-corrected chi connectivity index (χ3v) is 1.94. The van der Waals surface area contributed by atoms with E-state index < -0.39 is 6.10 Å². The molecule has 5 heteroatoms. The lowest BCUT2D eigenvalue weighted by atomic mass is 10.3. The van der Waals surface area contributed by atoms with Gasteiger partial charge in [0, 0.05) is 4.47 Å². The lowest BCUT2D eigenvalue weighted by molar-refractivity contribution is 0.0536. The minimum Gasteiger partial charge on any atom is -0.491 e. The molecule has 0 aliphatic heterocycles. The summed E-state index contributed by atoms with van der Waals surface area (Å²) in [5, 5.41) is 17.5. The molecular formula is C12H20BrNO3. The van der Waals surface area contributed by atoms with E-state index >= 15 is 0 Å². The van der Waals surface area contributed by atoms with Crippen molar-refractivity contribution in [3.8, 4) is 5.75 Å². The second-order valence-corrected chi connectivity index (χ2v) is 4.86. The Kier molecular flexibility index (Phi) is 9.07. The molecule has 1 atom stereocenters. The summed E-state index contributed by atoms with van der Waals surface area (Å²) in [6, 6.07) is 7.30. The summed E-state index contributed by atoms with van der Waals surface area (Å²) in [6.07, 6.45) is -0.820. The van der Waals surface area contributed by atoms with Gasteiger partial charge in [0.25, 0.3) is 0 Å². The van der Waals surface area contributed by atoms with Crippen molar-refractivity contribution in [2.45, 2.75) is 6.10 Å². The van der Waals surface area contributed by atoms with Gasteiger partial charge in [-0.15, -0.1) is 0 Å². The van der Waals surface area contributed by atoms with Gasteiger partial charge in [-0.2, -0.15) is 0 Å². The highest BCUT2D eigenvalue weighted by atomic mass is 79.9. The number of halogens is 1. The van der Waals surface area contributed by atoms with Crippen LogP contribution in [0.2, 0.25) is 0 Å². The highest BCUT2D eigenvalue weighted by molar-refractivity contribution is 9.10. The van der Waals surface area contributed by atoms with Gasteiger partial charge in [-0.3, -0.25) is 0 Å². The Hall–Kier alpha value is -0.620. The molecule has 1 aromatic carbocycles. The fourth-order valence-corrected chi connectivity index (χ4v) is 1.18. The molecule has 0 saturated heterocycles. The quantitative estimate of drug-likeness (QED) is 0.882. The summed E-state index contributed by atoms with van der Waals surface area (Å²) in [6.45, 7) is -0.180. The van der Waals surface area contributed by atoms with Crippen LogP contribution in [0.25, 0.3) is 0 Å². The molecule has 2 N–H and O–H groups in total. The normalized spacial score (nSPS) is 11.7. The Morgan fingerprint density at radius 1 is 1.35 bits per heavy atom. The topological polar surface area (TPSA) is 52.9 Å². The Balaban J connectivity index is 0.000000557. The smallest absolute Gasteiger partial charge is 0.120 e. The van der Waals surface area contributed by atoms with Crippen molar-refractivity contribution < 1.29 is 14.9 Å². The summed E-state index contributed by atoms with van der Waals surface area (Å²) < 4.78 is 6.12. The zero-order chi connectivity index (χ0) is 13.3. The standard InChI is InChI=1S/C9H11BrO3.C3H9N/c10-7-2-1-3-9(4-7)13-6-8(12)5-11;1-4(2)3/h1-4,8,11-12H,5-6H2;1-3H3. The second kappa shape index (κ2) is 9.41. The molecule has 0 aliphatic rings. The number of benzene rings is 1. The van der Waals surface area contributed by atoms with Gasteiger partial charge in [0.15, 0.2) is 0 Å². The lowest BCUT2D eigenvalue weighted by Gasteiger charge is -2.09. The maximum absolute atomic E-state index is 9.00. The van der Waals surface area contributed by atoms with Gasteiger partial charge >= 0.3 is 0 Å². The van der Waals surface area contributed by atoms with E-state index in [2.05, 4.69) is 15.9 Å². The molecule has 1 aromatic rings. The van der Waals surface area contributed by atoms with Crippen LogP contribution in [0.4, 0.5) is 0 Å². The molecule has 0 saturated carbocycles. The molecule has 17 heavy (non-hydrogen) atoms. The van der Waals surface area contributed by atoms with Crippen LogP contribution < -0.4 is 4.74 Å². The molecule has 0 fully saturated rings. The molecule has 0 spiro atoms. The van der Waals surface area contributed by atoms with Crippen LogP contribution in [0.15, 0.2) is 28.7 Å². The van der Waals surface area contributed by atoms with E-state index in [9.17, 15) is 0 Å². The van der Waals surface area contributed by atoms with Crippen molar-refractivity contribution >= 4 is 15.9 Å². The summed E-state index contributed by atoms with van der Waals surface area (Å²) in [7, 11) is 6.00. The fraction of sp³-hybridized carbons (Fsp3) is 0.500. The van der Waals surface area contributed by atoms with E-state index in [0.717, 1.165) is 4.47 Å². The predicted molar refractivity (Wildman–Crippen MR) is 72.3 cm³/mol. The largest absolute Gasteiger partial charge is 0.491 e. The Morgan fingerprint density at radius 3 is 2.41 bits per heavy atom. The maximum Gasteiger partial charge on any atom is 0.120 e. The molecular weight excluding hydrogens is 286 g/mol. The van der Waals surface area contributed by atoms with Crippen LogP contribution in [-0.2, 0) is 0 Å². The third kappa shape index (κ3) is 10.3. The molecule has 0 amide bonds. The Bertz CT molecular complexity index is 305.